The number of fused-ring (bicyclic) bond motifs is 1. The van der Waals surface area contributed by atoms with Gasteiger partial charge in [0.1, 0.15) is 5.82 Å². The second kappa shape index (κ2) is 6.07. The third-order valence-electron chi connectivity index (χ3n) is 4.63. The SMILES string of the molecule is CC(CC(=O)N1CCc2cccc(F)c21)(C(=O)O)c1ccccc1. The number of hydrogen-bond donors (Lipinski definition) is 1. The number of halogens is 1. The van der Waals surface area contributed by atoms with E-state index in [9.17, 15) is 19.1 Å². The van der Waals surface area contributed by atoms with Crippen LogP contribution in [0.4, 0.5) is 10.1 Å². The molecule has 0 radical (unpaired) electrons. The Morgan fingerprint density at radius 2 is 1.88 bits per heavy atom. The number of carboxylic acid groups (broad SMARTS) is 1. The summed E-state index contributed by atoms with van der Waals surface area (Å²) in [6.07, 6.45) is 0.355. The van der Waals surface area contributed by atoms with Gasteiger partial charge in [0.25, 0.3) is 0 Å². The van der Waals surface area contributed by atoms with E-state index < -0.39 is 17.2 Å². The highest BCUT2D eigenvalue weighted by atomic mass is 19.1. The predicted octanol–water partition coefficient (Wildman–Crippen LogP) is 3.15. The summed E-state index contributed by atoms with van der Waals surface area (Å²) in [4.78, 5) is 26.0. The standard InChI is InChI=1S/C19H18FNO3/c1-19(18(23)24,14-7-3-2-4-8-14)12-16(22)21-11-10-13-6-5-9-15(20)17(13)21/h2-9H,10-12H2,1H3,(H,23,24). The summed E-state index contributed by atoms with van der Waals surface area (Å²) in [6.45, 7) is 1.90. The number of anilines is 1. The Hall–Kier alpha value is -2.69. The van der Waals surface area contributed by atoms with Crippen molar-refractivity contribution in [2.75, 3.05) is 11.4 Å². The molecule has 0 aliphatic carbocycles. The van der Waals surface area contributed by atoms with Crippen molar-refractivity contribution in [3.8, 4) is 0 Å². The van der Waals surface area contributed by atoms with E-state index in [2.05, 4.69) is 0 Å². The highest BCUT2D eigenvalue weighted by Gasteiger charge is 2.40. The van der Waals surface area contributed by atoms with Crippen LogP contribution in [0.15, 0.2) is 48.5 Å². The molecule has 1 atom stereocenters. The number of hydrogen-bond acceptors (Lipinski definition) is 2. The lowest BCUT2D eigenvalue weighted by atomic mass is 9.79. The van der Waals surface area contributed by atoms with Gasteiger partial charge in [0, 0.05) is 13.0 Å². The Kier molecular flexibility index (Phi) is 4.09. The summed E-state index contributed by atoms with van der Waals surface area (Å²) in [5, 5.41) is 9.68. The van der Waals surface area contributed by atoms with Gasteiger partial charge in [0.05, 0.1) is 11.1 Å². The van der Waals surface area contributed by atoms with Crippen molar-refractivity contribution in [2.24, 2.45) is 0 Å². The molecule has 4 nitrogen and oxygen atoms in total. The number of aliphatic carboxylic acids is 1. The first kappa shape index (κ1) is 16.2. The number of para-hydroxylation sites is 1. The zero-order valence-electron chi connectivity index (χ0n) is 13.3. The number of benzene rings is 2. The maximum atomic E-state index is 14.1. The smallest absolute Gasteiger partial charge is 0.314 e. The topological polar surface area (TPSA) is 57.6 Å². The molecule has 124 valence electrons. The van der Waals surface area contributed by atoms with Crippen LogP contribution in [0.1, 0.15) is 24.5 Å². The lowest BCUT2D eigenvalue weighted by Crippen LogP contribution is -2.40. The van der Waals surface area contributed by atoms with Crippen LogP contribution < -0.4 is 4.90 Å². The summed E-state index contributed by atoms with van der Waals surface area (Å²) in [6, 6.07) is 13.4. The second-order valence-electron chi connectivity index (χ2n) is 6.22. The monoisotopic (exact) mass is 327 g/mol. The van der Waals surface area contributed by atoms with Crippen molar-refractivity contribution in [1.29, 1.82) is 0 Å². The summed E-state index contributed by atoms with van der Waals surface area (Å²) in [7, 11) is 0. The van der Waals surface area contributed by atoms with Crippen LogP contribution >= 0.6 is 0 Å². The number of nitrogens with zero attached hydrogens (tertiary/aromatic N) is 1. The normalized spacial score (nSPS) is 15.7. The maximum absolute atomic E-state index is 14.1. The van der Waals surface area contributed by atoms with E-state index in [1.165, 1.54) is 17.9 Å². The minimum atomic E-state index is -1.35. The van der Waals surface area contributed by atoms with Crippen LogP contribution in [0, 0.1) is 5.82 Å². The minimum Gasteiger partial charge on any atom is -0.481 e. The van der Waals surface area contributed by atoms with E-state index in [-0.39, 0.29) is 18.0 Å². The van der Waals surface area contributed by atoms with Crippen molar-refractivity contribution in [1.82, 2.24) is 0 Å². The summed E-state index contributed by atoms with van der Waals surface area (Å²) < 4.78 is 14.1. The number of amides is 1. The molecule has 3 rings (SSSR count). The maximum Gasteiger partial charge on any atom is 0.314 e. The van der Waals surface area contributed by atoms with Crippen molar-refractivity contribution < 1.29 is 19.1 Å². The Morgan fingerprint density at radius 1 is 1.17 bits per heavy atom. The number of carbonyl (C=O) groups is 2. The average molecular weight is 327 g/mol. The molecule has 1 aliphatic heterocycles. The molecule has 5 heteroatoms. The van der Waals surface area contributed by atoms with Gasteiger partial charge in [-0.15, -0.1) is 0 Å². The van der Waals surface area contributed by atoms with Crippen molar-refractivity contribution in [2.45, 2.75) is 25.2 Å². The van der Waals surface area contributed by atoms with E-state index in [1.54, 1.807) is 42.5 Å². The molecule has 0 saturated heterocycles. The molecular weight excluding hydrogens is 309 g/mol. The number of rotatable bonds is 4. The fourth-order valence-electron chi connectivity index (χ4n) is 3.16. The molecule has 1 aliphatic rings. The first-order chi connectivity index (χ1) is 11.4. The molecule has 2 aromatic carbocycles. The van der Waals surface area contributed by atoms with Crippen molar-refractivity contribution >= 4 is 17.6 Å². The molecule has 0 aromatic heterocycles. The fraction of sp³-hybridized carbons (Fsp3) is 0.263. The van der Waals surface area contributed by atoms with Gasteiger partial charge in [-0.3, -0.25) is 9.59 Å². The molecule has 0 spiro atoms. The van der Waals surface area contributed by atoms with Gasteiger partial charge in [-0.05, 0) is 30.5 Å². The zero-order chi connectivity index (χ0) is 17.3. The molecule has 0 saturated carbocycles. The first-order valence-corrected chi connectivity index (χ1v) is 7.80. The van der Waals surface area contributed by atoms with Gasteiger partial charge in [0.2, 0.25) is 5.91 Å². The fourth-order valence-corrected chi connectivity index (χ4v) is 3.16. The van der Waals surface area contributed by atoms with E-state index >= 15 is 0 Å². The van der Waals surface area contributed by atoms with Crippen LogP contribution in [0.3, 0.4) is 0 Å². The first-order valence-electron chi connectivity index (χ1n) is 7.80. The van der Waals surface area contributed by atoms with Crippen molar-refractivity contribution in [3.05, 3.63) is 65.5 Å². The largest absolute Gasteiger partial charge is 0.481 e. The van der Waals surface area contributed by atoms with Gasteiger partial charge < -0.3 is 10.0 Å². The predicted molar refractivity (Wildman–Crippen MR) is 88.5 cm³/mol. The summed E-state index contributed by atoms with van der Waals surface area (Å²) in [5.74, 6) is -1.90. The molecular formula is C19H18FNO3. The molecule has 2 aromatic rings. The minimum absolute atomic E-state index is 0.222. The van der Waals surface area contributed by atoms with Gasteiger partial charge >= 0.3 is 5.97 Å². The van der Waals surface area contributed by atoms with Crippen LogP contribution in [-0.4, -0.2) is 23.5 Å². The Morgan fingerprint density at radius 3 is 2.54 bits per heavy atom. The third kappa shape index (κ3) is 2.66. The van der Waals surface area contributed by atoms with E-state index in [0.29, 0.717) is 18.5 Å². The van der Waals surface area contributed by atoms with Crippen LogP contribution in [0.25, 0.3) is 0 Å². The van der Waals surface area contributed by atoms with Crippen molar-refractivity contribution in [3.63, 3.8) is 0 Å². The van der Waals surface area contributed by atoms with Gasteiger partial charge in [-0.1, -0.05) is 42.5 Å². The van der Waals surface area contributed by atoms with E-state index in [1.807, 2.05) is 0 Å². The van der Waals surface area contributed by atoms with Crippen LogP contribution in [0.5, 0.6) is 0 Å². The molecule has 1 amide bonds. The summed E-state index contributed by atoms with van der Waals surface area (Å²) in [5.41, 5.74) is 0.258. The molecule has 1 N–H and O–H groups in total. The third-order valence-corrected chi connectivity index (χ3v) is 4.63. The molecule has 0 bridgehead atoms. The Balaban J connectivity index is 1.91. The number of carbonyl (C=O) groups excluding carboxylic acids is 1. The lowest BCUT2D eigenvalue weighted by molar-refractivity contribution is -0.145. The Labute approximate surface area is 139 Å². The van der Waals surface area contributed by atoms with Crippen LogP contribution in [-0.2, 0) is 21.4 Å². The number of carboxylic acids is 1. The molecule has 1 heterocycles. The molecule has 1 unspecified atom stereocenters. The molecule has 0 fully saturated rings. The van der Waals surface area contributed by atoms with Gasteiger partial charge in [-0.25, -0.2) is 4.39 Å². The molecule has 24 heavy (non-hydrogen) atoms. The van der Waals surface area contributed by atoms with E-state index in [0.717, 1.165) is 5.56 Å². The average Bonchev–Trinajstić information content (AvgIpc) is 3.01. The zero-order valence-corrected chi connectivity index (χ0v) is 13.3. The highest BCUT2D eigenvalue weighted by molar-refractivity contribution is 5.99. The highest BCUT2D eigenvalue weighted by Crippen LogP contribution is 2.34. The van der Waals surface area contributed by atoms with Crippen LogP contribution in [0.2, 0.25) is 0 Å². The Bertz CT molecular complexity index is 790. The lowest BCUT2D eigenvalue weighted by Gasteiger charge is -2.27. The summed E-state index contributed by atoms with van der Waals surface area (Å²) >= 11 is 0. The van der Waals surface area contributed by atoms with Gasteiger partial charge in [-0.2, -0.15) is 0 Å². The second-order valence-corrected chi connectivity index (χ2v) is 6.22. The van der Waals surface area contributed by atoms with Gasteiger partial charge in [0.15, 0.2) is 0 Å². The quantitative estimate of drug-likeness (QED) is 0.938. The van der Waals surface area contributed by atoms with E-state index in [4.69, 9.17) is 0 Å².